The van der Waals surface area contributed by atoms with Gasteiger partial charge < -0.3 is 4.90 Å². The van der Waals surface area contributed by atoms with Crippen LogP contribution >= 0.6 is 15.9 Å². The van der Waals surface area contributed by atoms with Crippen LogP contribution in [0.15, 0.2) is 27.8 Å². The second-order valence-corrected chi connectivity index (χ2v) is 6.98. The molecular weight excluding hydrogens is 316 g/mol. The number of rotatable bonds is 5. The topological polar surface area (TPSA) is 32.7 Å². The van der Waals surface area contributed by atoms with Crippen molar-refractivity contribution in [2.75, 3.05) is 11.4 Å². The molecule has 20 heavy (non-hydrogen) atoms. The van der Waals surface area contributed by atoms with Crippen LogP contribution in [0.5, 0.6) is 0 Å². The van der Waals surface area contributed by atoms with Crippen LogP contribution in [0.3, 0.4) is 0 Å². The molecule has 1 fully saturated rings. The zero-order valence-electron chi connectivity index (χ0n) is 12.3. The number of hydrogen-bond acceptors (Lipinski definition) is 3. The van der Waals surface area contributed by atoms with Gasteiger partial charge in [-0.1, -0.05) is 49.0 Å². The zero-order valence-corrected chi connectivity index (χ0v) is 13.9. The number of halogens is 1. The molecule has 1 aromatic rings. The van der Waals surface area contributed by atoms with E-state index in [0.717, 1.165) is 16.7 Å². The maximum absolute atomic E-state index is 11.2. The molecule has 0 N–H and O–H groups in total. The maximum Gasteiger partial charge on any atom is 0.132 e. The second kappa shape index (κ2) is 7.21. The molecule has 0 bridgehead atoms. The van der Waals surface area contributed by atoms with Crippen molar-refractivity contribution in [3.05, 3.63) is 27.6 Å². The van der Waals surface area contributed by atoms with Crippen molar-refractivity contribution in [3.8, 4) is 0 Å². The summed E-state index contributed by atoms with van der Waals surface area (Å²) >= 11 is 3.42. The molecule has 0 saturated heterocycles. The highest BCUT2D eigenvalue weighted by molar-refractivity contribution is 9.10. The molecule has 0 amide bonds. The van der Waals surface area contributed by atoms with Gasteiger partial charge in [0, 0.05) is 17.1 Å². The van der Waals surface area contributed by atoms with E-state index in [1.807, 2.05) is 18.2 Å². The van der Waals surface area contributed by atoms with Crippen molar-refractivity contribution in [1.29, 1.82) is 0 Å². The fraction of sp³-hybridized carbons (Fsp3) is 0.625. The third-order valence-electron chi connectivity index (χ3n) is 3.92. The van der Waals surface area contributed by atoms with Gasteiger partial charge in [-0.3, -0.25) is 0 Å². The summed E-state index contributed by atoms with van der Waals surface area (Å²) in [5, 5.41) is 3.23. The van der Waals surface area contributed by atoms with E-state index in [1.165, 1.54) is 32.1 Å². The molecule has 1 aromatic carbocycles. The van der Waals surface area contributed by atoms with Crippen molar-refractivity contribution >= 4 is 27.3 Å². The standard InChI is InChI=1S/C16H23BrN2O/c1-12(2)11-19(14-6-4-3-5-7-14)16-9-8-13(17)10-15(16)18-20/h8-10,12,14H,3-7,11H2,1-2H3. The highest BCUT2D eigenvalue weighted by atomic mass is 79.9. The molecule has 1 aliphatic carbocycles. The van der Waals surface area contributed by atoms with Crippen LogP contribution in [0.1, 0.15) is 46.0 Å². The molecule has 0 heterocycles. The van der Waals surface area contributed by atoms with Crippen LogP contribution < -0.4 is 4.90 Å². The molecular formula is C16H23BrN2O. The number of anilines is 1. The second-order valence-electron chi connectivity index (χ2n) is 6.06. The quantitative estimate of drug-likeness (QED) is 0.650. The Morgan fingerprint density at radius 1 is 1.30 bits per heavy atom. The lowest BCUT2D eigenvalue weighted by Gasteiger charge is -2.37. The predicted molar refractivity (Wildman–Crippen MR) is 88.7 cm³/mol. The molecule has 0 aromatic heterocycles. The van der Waals surface area contributed by atoms with E-state index in [1.54, 1.807) is 0 Å². The van der Waals surface area contributed by atoms with E-state index in [0.29, 0.717) is 17.6 Å². The van der Waals surface area contributed by atoms with Gasteiger partial charge in [-0.25, -0.2) is 0 Å². The highest BCUT2D eigenvalue weighted by Crippen LogP contribution is 2.36. The first-order valence-corrected chi connectivity index (χ1v) is 8.30. The van der Waals surface area contributed by atoms with Gasteiger partial charge in [-0.15, -0.1) is 4.91 Å². The predicted octanol–water partition coefficient (Wildman–Crippen LogP) is 5.64. The summed E-state index contributed by atoms with van der Waals surface area (Å²) < 4.78 is 0.906. The SMILES string of the molecule is CC(C)CN(c1ccc(Br)cc1N=O)C1CCCCC1. The highest BCUT2D eigenvalue weighted by Gasteiger charge is 2.24. The van der Waals surface area contributed by atoms with Gasteiger partial charge in [0.1, 0.15) is 5.69 Å². The molecule has 0 atom stereocenters. The van der Waals surface area contributed by atoms with Crippen molar-refractivity contribution in [2.45, 2.75) is 52.0 Å². The Kier molecular flexibility index (Phi) is 5.58. The summed E-state index contributed by atoms with van der Waals surface area (Å²) in [6.45, 7) is 5.43. The largest absolute Gasteiger partial charge is 0.366 e. The molecule has 0 radical (unpaired) electrons. The first-order chi connectivity index (χ1) is 9.61. The summed E-state index contributed by atoms with van der Waals surface area (Å²) in [7, 11) is 0. The fourth-order valence-corrected chi connectivity index (χ4v) is 3.39. The summed E-state index contributed by atoms with van der Waals surface area (Å²) in [6, 6.07) is 6.39. The lowest BCUT2D eigenvalue weighted by atomic mass is 9.93. The van der Waals surface area contributed by atoms with Gasteiger partial charge >= 0.3 is 0 Å². The molecule has 2 rings (SSSR count). The van der Waals surface area contributed by atoms with Gasteiger partial charge in [0.05, 0.1) is 5.69 Å². The Morgan fingerprint density at radius 2 is 2.00 bits per heavy atom. The van der Waals surface area contributed by atoms with Gasteiger partial charge in [-0.2, -0.15) is 0 Å². The monoisotopic (exact) mass is 338 g/mol. The summed E-state index contributed by atoms with van der Waals surface area (Å²) in [5.74, 6) is 0.570. The first-order valence-electron chi connectivity index (χ1n) is 7.51. The van der Waals surface area contributed by atoms with Gasteiger partial charge in [0.15, 0.2) is 0 Å². The van der Waals surface area contributed by atoms with Crippen molar-refractivity contribution in [1.82, 2.24) is 0 Å². The number of nitroso groups, excluding NO2 is 1. The average molecular weight is 339 g/mol. The van der Waals surface area contributed by atoms with Crippen LogP contribution in [-0.4, -0.2) is 12.6 Å². The van der Waals surface area contributed by atoms with Crippen LogP contribution in [0.25, 0.3) is 0 Å². The molecule has 110 valence electrons. The van der Waals surface area contributed by atoms with Gasteiger partial charge in [-0.05, 0) is 42.1 Å². The summed E-state index contributed by atoms with van der Waals surface area (Å²) in [6.07, 6.45) is 6.37. The maximum atomic E-state index is 11.2. The summed E-state index contributed by atoms with van der Waals surface area (Å²) in [4.78, 5) is 13.6. The minimum atomic E-state index is 0.547. The number of nitrogens with zero attached hydrogens (tertiary/aromatic N) is 2. The first kappa shape index (κ1) is 15.5. The van der Waals surface area contributed by atoms with Crippen LogP contribution in [-0.2, 0) is 0 Å². The van der Waals surface area contributed by atoms with E-state index in [-0.39, 0.29) is 0 Å². The van der Waals surface area contributed by atoms with Crippen LogP contribution in [0, 0.1) is 10.8 Å². The molecule has 4 heteroatoms. The summed E-state index contributed by atoms with van der Waals surface area (Å²) in [5.41, 5.74) is 1.54. The van der Waals surface area contributed by atoms with E-state index in [2.05, 4.69) is 39.9 Å². The van der Waals surface area contributed by atoms with Crippen molar-refractivity contribution in [2.24, 2.45) is 11.1 Å². The Balaban J connectivity index is 2.31. The van der Waals surface area contributed by atoms with Gasteiger partial charge in [0.25, 0.3) is 0 Å². The smallest absolute Gasteiger partial charge is 0.132 e. The van der Waals surface area contributed by atoms with Crippen LogP contribution in [0.4, 0.5) is 11.4 Å². The Bertz CT molecular complexity index is 456. The molecule has 1 aliphatic rings. The van der Waals surface area contributed by atoms with Gasteiger partial charge in [0.2, 0.25) is 0 Å². The molecule has 3 nitrogen and oxygen atoms in total. The molecule has 0 unspecified atom stereocenters. The third kappa shape index (κ3) is 3.81. The Labute approximate surface area is 129 Å². The number of hydrogen-bond donors (Lipinski definition) is 0. The van der Waals surface area contributed by atoms with Crippen LogP contribution in [0.2, 0.25) is 0 Å². The molecule has 1 saturated carbocycles. The normalized spacial score (nSPS) is 16.4. The zero-order chi connectivity index (χ0) is 14.5. The third-order valence-corrected chi connectivity index (χ3v) is 4.42. The minimum Gasteiger partial charge on any atom is -0.366 e. The lowest BCUT2D eigenvalue weighted by Crippen LogP contribution is -2.39. The van der Waals surface area contributed by atoms with Crippen molar-refractivity contribution in [3.63, 3.8) is 0 Å². The minimum absolute atomic E-state index is 0.547. The number of benzene rings is 1. The fourth-order valence-electron chi connectivity index (χ4n) is 3.04. The van der Waals surface area contributed by atoms with E-state index in [9.17, 15) is 4.91 Å². The Hall–Kier alpha value is -0.900. The van der Waals surface area contributed by atoms with E-state index >= 15 is 0 Å². The lowest BCUT2D eigenvalue weighted by molar-refractivity contribution is 0.401. The molecule has 0 aliphatic heterocycles. The van der Waals surface area contributed by atoms with Crippen molar-refractivity contribution < 1.29 is 0 Å². The average Bonchev–Trinajstić information content (AvgIpc) is 2.45. The molecule has 0 spiro atoms. The van der Waals surface area contributed by atoms with E-state index in [4.69, 9.17) is 0 Å². The van der Waals surface area contributed by atoms with E-state index < -0.39 is 0 Å². The Morgan fingerprint density at radius 3 is 2.60 bits per heavy atom.